The van der Waals surface area contributed by atoms with Crippen molar-refractivity contribution in [2.75, 3.05) is 22.4 Å². The van der Waals surface area contributed by atoms with E-state index in [-0.39, 0.29) is 12.1 Å². The number of sulfonamides is 1. The van der Waals surface area contributed by atoms with E-state index >= 15 is 0 Å². The number of halogens is 1. The molecule has 2 rings (SSSR count). The molecule has 0 radical (unpaired) electrons. The van der Waals surface area contributed by atoms with Crippen LogP contribution < -0.4 is 9.62 Å². The van der Waals surface area contributed by atoms with Crippen molar-refractivity contribution in [3.8, 4) is 6.07 Å². The van der Waals surface area contributed by atoms with E-state index in [9.17, 15) is 17.6 Å². The van der Waals surface area contributed by atoms with Crippen LogP contribution in [0.1, 0.15) is 5.56 Å². The van der Waals surface area contributed by atoms with E-state index in [0.29, 0.717) is 9.99 Å². The number of nitriles is 1. The van der Waals surface area contributed by atoms with Crippen LogP contribution in [0, 0.1) is 17.1 Å². The van der Waals surface area contributed by atoms with Crippen molar-refractivity contribution in [2.45, 2.75) is 6.42 Å². The second-order valence-corrected chi connectivity index (χ2v) is 7.21. The zero-order valence-electron chi connectivity index (χ0n) is 13.4. The molecule has 0 aromatic heterocycles. The van der Waals surface area contributed by atoms with E-state index in [1.165, 1.54) is 18.2 Å². The van der Waals surface area contributed by atoms with Crippen LogP contribution >= 0.6 is 0 Å². The Bertz CT molecular complexity index is 905. The Morgan fingerprint density at radius 2 is 1.84 bits per heavy atom. The summed E-state index contributed by atoms with van der Waals surface area (Å²) in [5.41, 5.74) is 1.06. The van der Waals surface area contributed by atoms with E-state index in [0.717, 1.165) is 17.9 Å². The van der Waals surface area contributed by atoms with Crippen LogP contribution in [0.4, 0.5) is 15.8 Å². The van der Waals surface area contributed by atoms with Gasteiger partial charge in [-0.15, -0.1) is 0 Å². The number of hydrogen-bond acceptors (Lipinski definition) is 4. The molecule has 0 fully saturated rings. The van der Waals surface area contributed by atoms with Crippen LogP contribution in [0.5, 0.6) is 0 Å². The maximum absolute atomic E-state index is 13.9. The van der Waals surface area contributed by atoms with E-state index in [4.69, 9.17) is 5.26 Å². The summed E-state index contributed by atoms with van der Waals surface area (Å²) in [6.45, 7) is -0.556. The number of carbonyl (C=O) groups is 1. The monoisotopic (exact) mass is 361 g/mol. The lowest BCUT2D eigenvalue weighted by molar-refractivity contribution is -0.114. The molecule has 1 amide bonds. The lowest BCUT2D eigenvalue weighted by Gasteiger charge is -2.22. The summed E-state index contributed by atoms with van der Waals surface area (Å²) in [4.78, 5) is 12.2. The molecule has 130 valence electrons. The molecule has 0 aliphatic rings. The normalized spacial score (nSPS) is 10.8. The van der Waals surface area contributed by atoms with Crippen LogP contribution in [0.25, 0.3) is 0 Å². The number of benzene rings is 2. The molecule has 0 saturated carbocycles. The molecule has 0 heterocycles. The Morgan fingerprint density at radius 3 is 2.40 bits per heavy atom. The van der Waals surface area contributed by atoms with Gasteiger partial charge in [0.2, 0.25) is 15.9 Å². The fourth-order valence-electron chi connectivity index (χ4n) is 2.16. The smallest absolute Gasteiger partial charge is 0.245 e. The molecule has 2 aromatic carbocycles. The standard InChI is InChI=1S/C17H16FN3O3S/c1-25(23,24)21(16-5-3-2-4-15(16)18)12-17(22)20-14-8-6-13(7-9-14)10-11-19/h2-9H,10,12H2,1H3,(H,20,22). The average molecular weight is 361 g/mol. The quantitative estimate of drug-likeness (QED) is 0.855. The molecule has 0 aliphatic carbocycles. The number of rotatable bonds is 6. The Morgan fingerprint density at radius 1 is 1.20 bits per heavy atom. The molecular weight excluding hydrogens is 345 g/mol. The molecule has 0 saturated heterocycles. The highest BCUT2D eigenvalue weighted by Gasteiger charge is 2.23. The first-order valence-electron chi connectivity index (χ1n) is 7.29. The van der Waals surface area contributed by atoms with Crippen LogP contribution in [0.15, 0.2) is 48.5 Å². The number of nitrogens with zero attached hydrogens (tertiary/aromatic N) is 2. The number of amides is 1. The molecule has 0 aliphatic heterocycles. The summed E-state index contributed by atoms with van der Waals surface area (Å²) in [5.74, 6) is -1.34. The van der Waals surface area contributed by atoms with Gasteiger partial charge >= 0.3 is 0 Å². The first kappa shape index (κ1) is 18.4. The predicted molar refractivity (Wildman–Crippen MR) is 93.0 cm³/mol. The maximum Gasteiger partial charge on any atom is 0.245 e. The molecule has 0 unspecified atom stereocenters. The molecule has 1 N–H and O–H groups in total. The largest absolute Gasteiger partial charge is 0.325 e. The molecule has 0 atom stereocenters. The Balaban J connectivity index is 2.15. The highest BCUT2D eigenvalue weighted by atomic mass is 32.2. The zero-order chi connectivity index (χ0) is 18.4. The molecule has 25 heavy (non-hydrogen) atoms. The summed E-state index contributed by atoms with van der Waals surface area (Å²) in [7, 11) is -3.85. The third-order valence-corrected chi connectivity index (χ3v) is 4.46. The molecule has 6 nitrogen and oxygen atoms in total. The molecule has 0 spiro atoms. The van der Waals surface area contributed by atoms with Crippen molar-refractivity contribution in [3.63, 3.8) is 0 Å². The van der Waals surface area contributed by atoms with Gasteiger partial charge in [-0.3, -0.25) is 9.10 Å². The maximum atomic E-state index is 13.9. The number of carbonyl (C=O) groups excluding carboxylic acids is 1. The average Bonchev–Trinajstić information content (AvgIpc) is 2.55. The lowest BCUT2D eigenvalue weighted by Crippen LogP contribution is -2.38. The van der Waals surface area contributed by atoms with Crippen LogP contribution in [0.3, 0.4) is 0 Å². The predicted octanol–water partition coefficient (Wildman–Crippen LogP) is 2.30. The third-order valence-electron chi connectivity index (χ3n) is 3.33. The summed E-state index contributed by atoms with van der Waals surface area (Å²) in [6.07, 6.45) is 1.16. The zero-order valence-corrected chi connectivity index (χ0v) is 14.3. The Hall–Kier alpha value is -2.92. The second kappa shape index (κ2) is 7.77. The molecule has 0 bridgehead atoms. The second-order valence-electron chi connectivity index (χ2n) is 5.30. The van der Waals surface area contributed by atoms with Crippen LogP contribution in [-0.2, 0) is 21.2 Å². The van der Waals surface area contributed by atoms with Crippen molar-refractivity contribution in [1.29, 1.82) is 5.26 Å². The summed E-state index contributed by atoms with van der Waals surface area (Å²) < 4.78 is 38.5. The highest BCUT2D eigenvalue weighted by Crippen LogP contribution is 2.21. The fraction of sp³-hybridized carbons (Fsp3) is 0.176. The minimum absolute atomic E-state index is 0.190. The van der Waals surface area contributed by atoms with Crippen LogP contribution in [0.2, 0.25) is 0 Å². The van der Waals surface area contributed by atoms with Crippen LogP contribution in [-0.4, -0.2) is 27.1 Å². The van der Waals surface area contributed by atoms with Crippen molar-refractivity contribution in [2.24, 2.45) is 0 Å². The van der Waals surface area contributed by atoms with Gasteiger partial charge < -0.3 is 5.32 Å². The Kier molecular flexibility index (Phi) is 5.72. The summed E-state index contributed by atoms with van der Waals surface area (Å²) >= 11 is 0. The molecule has 8 heteroatoms. The number of nitrogens with one attached hydrogen (secondary N) is 1. The van der Waals surface area contributed by atoms with Gasteiger partial charge in [-0.05, 0) is 29.8 Å². The van der Waals surface area contributed by atoms with E-state index in [2.05, 4.69) is 5.32 Å². The number of hydrogen-bond donors (Lipinski definition) is 1. The first-order valence-corrected chi connectivity index (χ1v) is 9.14. The number of para-hydroxylation sites is 1. The minimum Gasteiger partial charge on any atom is -0.325 e. The van der Waals surface area contributed by atoms with Crippen molar-refractivity contribution >= 4 is 27.3 Å². The fourth-order valence-corrected chi connectivity index (χ4v) is 3.02. The van der Waals surface area contributed by atoms with Gasteiger partial charge in [-0.25, -0.2) is 12.8 Å². The number of anilines is 2. The molecular formula is C17H16FN3O3S. The first-order chi connectivity index (χ1) is 11.8. The summed E-state index contributed by atoms with van der Waals surface area (Å²) in [6, 6.07) is 13.9. The van der Waals surface area contributed by atoms with Gasteiger partial charge in [-0.1, -0.05) is 24.3 Å². The topological polar surface area (TPSA) is 90.3 Å². The molecule has 2 aromatic rings. The van der Waals surface area contributed by atoms with Crippen molar-refractivity contribution < 1.29 is 17.6 Å². The van der Waals surface area contributed by atoms with E-state index in [1.54, 1.807) is 24.3 Å². The van der Waals surface area contributed by atoms with E-state index < -0.39 is 28.3 Å². The van der Waals surface area contributed by atoms with Crippen molar-refractivity contribution in [3.05, 3.63) is 59.9 Å². The van der Waals surface area contributed by atoms with Gasteiger partial charge in [0.1, 0.15) is 12.4 Å². The summed E-state index contributed by atoms with van der Waals surface area (Å²) in [5, 5.41) is 11.2. The van der Waals surface area contributed by atoms with Gasteiger partial charge in [-0.2, -0.15) is 5.26 Å². The highest BCUT2D eigenvalue weighted by molar-refractivity contribution is 7.92. The van der Waals surface area contributed by atoms with Gasteiger partial charge in [0.25, 0.3) is 0 Å². The minimum atomic E-state index is -3.85. The van der Waals surface area contributed by atoms with Crippen molar-refractivity contribution in [1.82, 2.24) is 0 Å². The van der Waals surface area contributed by atoms with E-state index in [1.807, 2.05) is 6.07 Å². The van der Waals surface area contributed by atoms with Gasteiger partial charge in [0.15, 0.2) is 0 Å². The lowest BCUT2D eigenvalue weighted by atomic mass is 10.1. The van der Waals surface area contributed by atoms with Gasteiger partial charge in [0, 0.05) is 5.69 Å². The SMILES string of the molecule is CS(=O)(=O)N(CC(=O)Nc1ccc(CC#N)cc1)c1ccccc1F. The van der Waals surface area contributed by atoms with Gasteiger partial charge in [0.05, 0.1) is 24.4 Å². The third kappa shape index (κ3) is 5.02. The Labute approximate surface area is 145 Å².